The third-order valence-electron chi connectivity index (χ3n) is 8.81. The second-order valence-electron chi connectivity index (χ2n) is 11.8. The molecule has 0 saturated carbocycles. The first-order valence-corrected chi connectivity index (χ1v) is 17.7. The summed E-state index contributed by atoms with van der Waals surface area (Å²) in [7, 11) is 0. The molecule has 0 spiro atoms. The molecular weight excluding hydrogens is 653 g/mol. The first-order valence-electron chi connectivity index (χ1n) is 16.3. The van der Waals surface area contributed by atoms with Crippen molar-refractivity contribution in [1.29, 1.82) is 0 Å². The molecule has 0 N–H and O–H groups in total. The van der Waals surface area contributed by atoms with Crippen molar-refractivity contribution >= 4 is 79.6 Å². The van der Waals surface area contributed by atoms with Crippen LogP contribution < -0.4 is 9.80 Å². The molecule has 238 valence electrons. The topological polar surface area (TPSA) is 57.0 Å². The van der Waals surface area contributed by atoms with Crippen LogP contribution in [0.2, 0.25) is 0 Å². The summed E-state index contributed by atoms with van der Waals surface area (Å²) < 4.78 is 19.4. The monoisotopic (exact) mass is 680 g/mol. The van der Waals surface area contributed by atoms with E-state index in [9.17, 15) is 0 Å². The molecular formula is C42H28N6S2. The van der Waals surface area contributed by atoms with Gasteiger partial charge in [0.1, 0.15) is 22.4 Å². The minimum Gasteiger partial charge on any atom is -0.311 e. The van der Waals surface area contributed by atoms with Crippen molar-refractivity contribution in [2.75, 3.05) is 9.80 Å². The Kier molecular flexibility index (Phi) is 7.77. The Morgan fingerprint density at radius 1 is 0.340 bits per heavy atom. The zero-order valence-electron chi connectivity index (χ0n) is 26.7. The van der Waals surface area contributed by atoms with E-state index < -0.39 is 0 Å². The summed E-state index contributed by atoms with van der Waals surface area (Å²) in [4.78, 5) is 4.51. The molecule has 0 fully saturated rings. The van der Waals surface area contributed by atoms with Crippen molar-refractivity contribution in [3.63, 3.8) is 0 Å². The second kappa shape index (κ2) is 13.0. The molecule has 1 aromatic heterocycles. The van der Waals surface area contributed by atoms with E-state index in [4.69, 9.17) is 17.5 Å². The molecule has 0 radical (unpaired) electrons. The summed E-state index contributed by atoms with van der Waals surface area (Å²) in [5.41, 5.74) is 13.8. The molecule has 0 saturated heterocycles. The lowest BCUT2D eigenvalue weighted by Crippen LogP contribution is -2.09. The van der Waals surface area contributed by atoms with E-state index in [1.165, 1.54) is 23.1 Å². The molecule has 9 rings (SSSR count). The lowest BCUT2D eigenvalue weighted by molar-refractivity contribution is 1.28. The molecule has 6 nitrogen and oxygen atoms in total. The summed E-state index contributed by atoms with van der Waals surface area (Å²) >= 11 is 2.44. The smallest absolute Gasteiger partial charge is 0.115 e. The van der Waals surface area contributed by atoms with Crippen LogP contribution >= 0.6 is 11.7 Å². The van der Waals surface area contributed by atoms with E-state index in [0.717, 1.165) is 78.8 Å². The van der Waals surface area contributed by atoms with Crippen molar-refractivity contribution in [2.45, 2.75) is 0 Å². The van der Waals surface area contributed by atoms with Crippen molar-refractivity contribution in [1.82, 2.24) is 8.75 Å². The highest BCUT2D eigenvalue weighted by atomic mass is 32.1. The zero-order chi connectivity index (χ0) is 33.3. The van der Waals surface area contributed by atoms with Gasteiger partial charge in [-0.15, -0.1) is 0 Å². The van der Waals surface area contributed by atoms with Crippen LogP contribution in [0.3, 0.4) is 0 Å². The number of aromatic nitrogens is 2. The van der Waals surface area contributed by atoms with Gasteiger partial charge in [-0.3, -0.25) is 0 Å². The van der Waals surface area contributed by atoms with Crippen LogP contribution in [-0.2, 0) is 11.4 Å². The van der Waals surface area contributed by atoms with Crippen LogP contribution in [0.25, 0.3) is 33.3 Å². The van der Waals surface area contributed by atoms with Crippen LogP contribution in [0.4, 0.5) is 45.5 Å². The minimum atomic E-state index is 0.834. The van der Waals surface area contributed by atoms with E-state index in [2.05, 4.69) is 155 Å². The van der Waals surface area contributed by atoms with Crippen LogP contribution in [-0.4, -0.2) is 8.75 Å². The summed E-state index contributed by atoms with van der Waals surface area (Å²) in [6.07, 6.45) is 0. The molecule has 0 amide bonds. The standard InChI is InChI=1S/C42H28N6S2/c1-5-13-31(14-6-1)47(32-15-7-2-8-16-32)35-25-21-29(22-26-35)37-39-41(45-49-43-39)38(42-40(37)44-50-46-42)30-23-27-36(28-24-30)48(33-17-9-3-10-18-33)34-19-11-4-12-20-34/h1-28H. The molecule has 2 heterocycles. The van der Waals surface area contributed by atoms with Crippen molar-refractivity contribution in [3.05, 3.63) is 170 Å². The number of nitrogens with zero attached hydrogens (tertiary/aromatic N) is 6. The van der Waals surface area contributed by atoms with Crippen LogP contribution in [0.5, 0.6) is 0 Å². The van der Waals surface area contributed by atoms with Gasteiger partial charge in [-0.2, -0.15) is 17.5 Å². The lowest BCUT2D eigenvalue weighted by Gasteiger charge is -2.25. The van der Waals surface area contributed by atoms with Gasteiger partial charge in [0.2, 0.25) is 0 Å². The fraction of sp³-hybridized carbons (Fsp3) is 0. The van der Waals surface area contributed by atoms with Crippen LogP contribution in [0.1, 0.15) is 0 Å². The molecule has 7 aromatic carbocycles. The predicted octanol–water partition coefficient (Wildman–Crippen LogP) is 12.7. The number of benzene rings is 7. The zero-order valence-corrected chi connectivity index (χ0v) is 28.3. The Balaban J connectivity index is 1.12. The molecule has 8 heteroatoms. The average Bonchev–Trinajstić information content (AvgIpc) is 3.87. The summed E-state index contributed by atoms with van der Waals surface area (Å²) in [5.74, 6) is 0. The van der Waals surface area contributed by atoms with Gasteiger partial charge in [-0.25, -0.2) is 0 Å². The Morgan fingerprint density at radius 2 is 0.640 bits per heavy atom. The summed E-state index contributed by atoms with van der Waals surface area (Å²) in [5, 5.41) is 0. The second-order valence-corrected chi connectivity index (χ2v) is 12.8. The Hall–Kier alpha value is -6.22. The largest absolute Gasteiger partial charge is 0.311 e. The van der Waals surface area contributed by atoms with Crippen LogP contribution in [0.15, 0.2) is 179 Å². The highest BCUT2D eigenvalue weighted by Gasteiger charge is 2.26. The van der Waals surface area contributed by atoms with E-state index >= 15 is 0 Å². The maximum Gasteiger partial charge on any atom is 0.115 e. The van der Waals surface area contributed by atoms with Crippen molar-refractivity contribution in [3.8, 4) is 22.3 Å². The van der Waals surface area contributed by atoms with Gasteiger partial charge >= 0.3 is 0 Å². The van der Waals surface area contributed by atoms with Gasteiger partial charge in [0.05, 0.1) is 23.1 Å². The first-order chi connectivity index (χ1) is 24.8. The molecule has 1 aliphatic heterocycles. The summed E-state index contributed by atoms with van der Waals surface area (Å²) in [6.45, 7) is 0. The molecule has 8 aromatic rings. The number of hydrogen-bond acceptors (Lipinski definition) is 7. The van der Waals surface area contributed by atoms with Gasteiger partial charge in [-0.1, -0.05) is 97.1 Å². The molecule has 0 bridgehead atoms. The molecule has 1 aliphatic rings. The highest BCUT2D eigenvalue weighted by Crippen LogP contribution is 2.52. The normalized spacial score (nSPS) is 11.7. The minimum absolute atomic E-state index is 0.834. The fourth-order valence-electron chi connectivity index (χ4n) is 6.56. The van der Waals surface area contributed by atoms with Gasteiger partial charge in [0, 0.05) is 45.3 Å². The van der Waals surface area contributed by atoms with E-state index in [0.29, 0.717) is 0 Å². The highest BCUT2D eigenvalue weighted by molar-refractivity contribution is 7.58. The third-order valence-corrected chi connectivity index (χ3v) is 9.87. The maximum atomic E-state index is 4.84. The molecule has 0 atom stereocenters. The number of rotatable bonds is 8. The molecule has 0 unspecified atom stereocenters. The van der Waals surface area contributed by atoms with E-state index in [-0.39, 0.29) is 0 Å². The number of hydrogen-bond donors (Lipinski definition) is 0. The number of anilines is 6. The lowest BCUT2D eigenvalue weighted by atomic mass is 9.93. The number of para-hydroxylation sites is 4. The average molecular weight is 681 g/mol. The van der Waals surface area contributed by atoms with Gasteiger partial charge in [0.25, 0.3) is 0 Å². The Bertz CT molecular complexity index is 2250. The summed E-state index contributed by atoms with van der Waals surface area (Å²) in [6, 6.07) is 58.9. The van der Waals surface area contributed by atoms with E-state index in [1.807, 2.05) is 24.3 Å². The quantitative estimate of drug-likeness (QED) is 0.160. The van der Waals surface area contributed by atoms with Gasteiger partial charge < -0.3 is 9.80 Å². The van der Waals surface area contributed by atoms with Crippen LogP contribution in [0, 0.1) is 0 Å². The van der Waals surface area contributed by atoms with Crippen molar-refractivity contribution < 1.29 is 0 Å². The third kappa shape index (κ3) is 5.37. The first kappa shape index (κ1) is 29.9. The van der Waals surface area contributed by atoms with E-state index in [1.54, 1.807) is 0 Å². The fourth-order valence-corrected chi connectivity index (χ4v) is 7.68. The SMILES string of the molecule is c1ccc(N(c2ccccc2)c2ccc(-c3c4c(c(-c5ccc(N(c6ccccc6)c6ccccc6)cc5)c5nsnc35)N=S=N4)cc2)cc1. The van der Waals surface area contributed by atoms with Gasteiger partial charge in [0.15, 0.2) is 0 Å². The maximum absolute atomic E-state index is 4.84. The van der Waals surface area contributed by atoms with Crippen molar-refractivity contribution in [2.24, 2.45) is 8.73 Å². The Labute approximate surface area is 297 Å². The molecule has 50 heavy (non-hydrogen) atoms. The Morgan fingerprint density at radius 3 is 0.960 bits per heavy atom. The van der Waals surface area contributed by atoms with Gasteiger partial charge in [-0.05, 0) is 83.9 Å². The number of fused-ring (bicyclic) bond motifs is 2. The predicted molar refractivity (Wildman–Crippen MR) is 209 cm³/mol. The molecule has 0 aliphatic carbocycles.